The lowest BCUT2D eigenvalue weighted by Crippen LogP contribution is -2.54. The van der Waals surface area contributed by atoms with Crippen LogP contribution in [0.4, 0.5) is 13.6 Å². The summed E-state index contributed by atoms with van der Waals surface area (Å²) in [5.41, 5.74) is 4.08. The molecule has 1 saturated heterocycles. The highest BCUT2D eigenvalue weighted by atomic mass is 19.3. The van der Waals surface area contributed by atoms with Crippen LogP contribution in [-0.2, 0) is 14.3 Å². The number of carboxylic acids is 1. The fourth-order valence-electron chi connectivity index (χ4n) is 5.01. The Morgan fingerprint density at radius 2 is 1.63 bits per heavy atom. The van der Waals surface area contributed by atoms with E-state index in [4.69, 9.17) is 4.74 Å². The van der Waals surface area contributed by atoms with Crippen LogP contribution in [0.1, 0.15) is 49.1 Å². The van der Waals surface area contributed by atoms with Gasteiger partial charge in [-0.05, 0) is 35.1 Å². The number of ether oxygens (including phenoxy) is 1. The number of fused-ring (bicyclic) bond motifs is 3. The number of likely N-dealkylation sites (tertiary alicyclic amines) is 1. The second-order valence-electron chi connectivity index (χ2n) is 8.88. The van der Waals surface area contributed by atoms with E-state index in [1.54, 1.807) is 0 Å². The molecule has 1 fully saturated rings. The molecule has 4 rings (SSSR count). The number of amides is 2. The molecular weight excluding hydrogens is 458 g/mol. The van der Waals surface area contributed by atoms with Crippen LogP contribution >= 0.6 is 0 Å². The van der Waals surface area contributed by atoms with E-state index in [-0.39, 0.29) is 25.5 Å². The van der Waals surface area contributed by atoms with Gasteiger partial charge in [-0.3, -0.25) is 4.79 Å². The summed E-state index contributed by atoms with van der Waals surface area (Å²) in [7, 11) is 0. The van der Waals surface area contributed by atoms with Gasteiger partial charge in [0, 0.05) is 18.9 Å². The summed E-state index contributed by atoms with van der Waals surface area (Å²) in [4.78, 5) is 38.5. The summed E-state index contributed by atoms with van der Waals surface area (Å²) < 4.78 is 32.0. The number of carbonyl (C=O) groups is 3. The number of hydrogen-bond acceptors (Lipinski definition) is 4. The van der Waals surface area contributed by atoms with Crippen LogP contribution in [0.5, 0.6) is 0 Å². The molecule has 9 heteroatoms. The number of aliphatic carboxylic acids is 1. The molecular formula is C26H28F2N2O5. The SMILES string of the molecule is O=C(NC(CC(F)F)C(=O)N1CCCCCC1C(=O)O)OCC1c2ccccc2-c2ccccc21. The minimum atomic E-state index is -2.87. The number of nitrogens with one attached hydrogen (secondary N) is 1. The van der Waals surface area contributed by atoms with Gasteiger partial charge >= 0.3 is 12.1 Å². The molecule has 2 aliphatic rings. The van der Waals surface area contributed by atoms with E-state index >= 15 is 0 Å². The number of nitrogens with zero attached hydrogens (tertiary/aromatic N) is 1. The third-order valence-corrected chi connectivity index (χ3v) is 6.67. The molecule has 0 saturated carbocycles. The molecule has 186 valence electrons. The quantitative estimate of drug-likeness (QED) is 0.605. The first-order valence-electron chi connectivity index (χ1n) is 11.8. The average molecular weight is 487 g/mol. The van der Waals surface area contributed by atoms with Crippen LogP contribution in [0.2, 0.25) is 0 Å². The molecule has 2 aromatic carbocycles. The highest BCUT2D eigenvalue weighted by Crippen LogP contribution is 2.44. The van der Waals surface area contributed by atoms with Gasteiger partial charge in [-0.1, -0.05) is 61.4 Å². The third-order valence-electron chi connectivity index (χ3n) is 6.67. The number of alkyl halides is 2. The van der Waals surface area contributed by atoms with Crippen molar-refractivity contribution in [3.8, 4) is 11.1 Å². The Balaban J connectivity index is 1.46. The predicted octanol–water partition coefficient (Wildman–Crippen LogP) is 4.40. The van der Waals surface area contributed by atoms with E-state index < -0.39 is 42.9 Å². The standard InChI is InChI=1S/C26H28F2N2O5/c27-23(28)14-21(24(31)30-13-7-1-2-12-22(30)25(32)33)29-26(34)35-15-20-18-10-5-3-8-16(18)17-9-4-6-11-19(17)20/h3-6,8-11,20-23H,1-2,7,12-15H2,(H,29,34)(H,32,33). The molecule has 0 aromatic heterocycles. The predicted molar refractivity (Wildman–Crippen MR) is 124 cm³/mol. The second-order valence-corrected chi connectivity index (χ2v) is 8.88. The lowest BCUT2D eigenvalue weighted by atomic mass is 9.98. The monoisotopic (exact) mass is 486 g/mol. The van der Waals surface area contributed by atoms with E-state index in [0.717, 1.165) is 33.6 Å². The van der Waals surface area contributed by atoms with Gasteiger partial charge < -0.3 is 20.1 Å². The first kappa shape index (κ1) is 24.6. The van der Waals surface area contributed by atoms with Gasteiger partial charge in [0.1, 0.15) is 18.7 Å². The molecule has 0 bridgehead atoms. The Morgan fingerprint density at radius 1 is 1.00 bits per heavy atom. The molecule has 1 aliphatic heterocycles. The van der Waals surface area contributed by atoms with Gasteiger partial charge in [0.15, 0.2) is 0 Å². The van der Waals surface area contributed by atoms with Crippen LogP contribution in [0, 0.1) is 0 Å². The number of rotatable bonds is 7. The maximum absolute atomic E-state index is 13.3. The van der Waals surface area contributed by atoms with Crippen molar-refractivity contribution >= 4 is 18.0 Å². The van der Waals surface area contributed by atoms with Crippen molar-refractivity contribution in [2.75, 3.05) is 13.2 Å². The molecule has 0 radical (unpaired) electrons. The van der Waals surface area contributed by atoms with E-state index in [1.807, 2.05) is 48.5 Å². The Morgan fingerprint density at radius 3 is 2.23 bits per heavy atom. The van der Waals surface area contributed by atoms with E-state index in [1.165, 1.54) is 0 Å². The van der Waals surface area contributed by atoms with E-state index in [2.05, 4.69) is 5.32 Å². The Bertz CT molecular complexity index is 1050. The van der Waals surface area contributed by atoms with Crippen molar-refractivity contribution in [2.45, 2.75) is 56.5 Å². The van der Waals surface area contributed by atoms with Crippen molar-refractivity contribution in [3.63, 3.8) is 0 Å². The number of alkyl carbamates (subject to hydrolysis) is 1. The number of benzene rings is 2. The smallest absolute Gasteiger partial charge is 0.407 e. The third kappa shape index (κ3) is 5.44. The number of carboxylic acid groups (broad SMARTS) is 1. The lowest BCUT2D eigenvalue weighted by molar-refractivity contribution is -0.151. The van der Waals surface area contributed by atoms with Crippen molar-refractivity contribution < 1.29 is 33.0 Å². The summed E-state index contributed by atoms with van der Waals surface area (Å²) in [5.74, 6) is -2.23. The van der Waals surface area contributed by atoms with Gasteiger partial charge in [-0.2, -0.15) is 0 Å². The molecule has 7 nitrogen and oxygen atoms in total. The highest BCUT2D eigenvalue weighted by molar-refractivity contribution is 5.89. The molecule has 1 aliphatic carbocycles. The molecule has 0 spiro atoms. The highest BCUT2D eigenvalue weighted by Gasteiger charge is 2.37. The van der Waals surface area contributed by atoms with E-state index in [0.29, 0.717) is 12.8 Å². The minimum Gasteiger partial charge on any atom is -0.480 e. The van der Waals surface area contributed by atoms with E-state index in [9.17, 15) is 28.3 Å². The first-order chi connectivity index (χ1) is 16.9. The minimum absolute atomic E-state index is 0.0308. The Kier molecular flexibility index (Phi) is 7.63. The fourth-order valence-corrected chi connectivity index (χ4v) is 5.01. The summed E-state index contributed by atoms with van der Waals surface area (Å²) in [6, 6.07) is 12.9. The molecule has 35 heavy (non-hydrogen) atoms. The summed E-state index contributed by atoms with van der Waals surface area (Å²) in [6.45, 7) is 0.110. The van der Waals surface area contributed by atoms with Crippen LogP contribution in [0.25, 0.3) is 11.1 Å². The maximum atomic E-state index is 13.3. The molecule has 2 aromatic rings. The van der Waals surface area contributed by atoms with Crippen LogP contribution in [0.3, 0.4) is 0 Å². The van der Waals surface area contributed by atoms with Crippen LogP contribution in [0.15, 0.2) is 48.5 Å². The summed E-state index contributed by atoms with van der Waals surface area (Å²) in [5, 5.41) is 11.8. The number of halogens is 2. The van der Waals surface area contributed by atoms with Crippen LogP contribution < -0.4 is 5.32 Å². The zero-order valence-electron chi connectivity index (χ0n) is 19.2. The van der Waals surface area contributed by atoms with Gasteiger partial charge in [0.2, 0.25) is 12.3 Å². The number of carbonyl (C=O) groups excluding carboxylic acids is 2. The first-order valence-corrected chi connectivity index (χ1v) is 11.8. The zero-order valence-corrected chi connectivity index (χ0v) is 19.2. The number of hydrogen-bond donors (Lipinski definition) is 2. The molecule has 2 amide bonds. The second kappa shape index (κ2) is 10.8. The Labute approximate surface area is 202 Å². The summed E-state index contributed by atoms with van der Waals surface area (Å²) >= 11 is 0. The van der Waals surface area contributed by atoms with Crippen molar-refractivity contribution in [3.05, 3.63) is 59.7 Å². The Hall–Kier alpha value is -3.49. The molecule has 2 unspecified atom stereocenters. The van der Waals surface area contributed by atoms with Crippen molar-refractivity contribution in [2.24, 2.45) is 0 Å². The lowest BCUT2D eigenvalue weighted by Gasteiger charge is -2.31. The van der Waals surface area contributed by atoms with Crippen molar-refractivity contribution in [1.29, 1.82) is 0 Å². The van der Waals surface area contributed by atoms with Crippen molar-refractivity contribution in [1.82, 2.24) is 10.2 Å². The summed E-state index contributed by atoms with van der Waals surface area (Å²) in [6.07, 6.45) is -2.60. The molecule has 1 heterocycles. The van der Waals surface area contributed by atoms with Gasteiger partial charge in [-0.15, -0.1) is 0 Å². The topological polar surface area (TPSA) is 95.9 Å². The fraction of sp³-hybridized carbons (Fsp3) is 0.423. The maximum Gasteiger partial charge on any atom is 0.407 e. The molecule has 2 N–H and O–H groups in total. The van der Waals surface area contributed by atoms with Gasteiger partial charge in [0.05, 0.1) is 0 Å². The molecule has 2 atom stereocenters. The van der Waals surface area contributed by atoms with Crippen LogP contribution in [-0.4, -0.2) is 59.6 Å². The normalized spacial score (nSPS) is 18.4. The zero-order chi connectivity index (χ0) is 24.9. The average Bonchev–Trinajstić information content (AvgIpc) is 2.97. The van der Waals surface area contributed by atoms with Gasteiger partial charge in [0.25, 0.3) is 0 Å². The van der Waals surface area contributed by atoms with Gasteiger partial charge in [-0.25, -0.2) is 18.4 Å². The largest absolute Gasteiger partial charge is 0.480 e.